The summed E-state index contributed by atoms with van der Waals surface area (Å²) < 4.78 is 23.6. The molecule has 1 unspecified atom stereocenters. The van der Waals surface area contributed by atoms with E-state index >= 15 is 0 Å². The number of carbonyl (C=O) groups is 2. The number of hydrogen-bond donors (Lipinski definition) is 1. The molecule has 1 heterocycles. The second kappa shape index (κ2) is 9.19. The van der Waals surface area contributed by atoms with E-state index in [0.717, 1.165) is 36.1 Å². The Morgan fingerprint density at radius 1 is 1.25 bits per heavy atom. The zero-order valence-electron chi connectivity index (χ0n) is 16.0. The van der Waals surface area contributed by atoms with Gasteiger partial charge in [0.05, 0.1) is 12.2 Å². The fraction of sp³-hybridized carbons (Fsp3) is 0.429. The Balaban J connectivity index is 1.74. The minimum atomic E-state index is -0.398. The number of fused-ring (bicyclic) bond motifs is 1. The van der Waals surface area contributed by atoms with Gasteiger partial charge in [0.25, 0.3) is 5.91 Å². The number of carbonyl (C=O) groups excluding carboxylic acids is 2. The van der Waals surface area contributed by atoms with Gasteiger partial charge in [-0.3, -0.25) is 4.79 Å². The molecule has 0 aliphatic heterocycles. The minimum Gasteiger partial charge on any atom is -0.484 e. The molecule has 1 amide bonds. The van der Waals surface area contributed by atoms with Crippen LogP contribution in [-0.2, 0) is 22.4 Å². The molecule has 5 nitrogen and oxygen atoms in total. The molecule has 1 atom stereocenters. The first-order valence-electron chi connectivity index (χ1n) is 9.51. The van der Waals surface area contributed by atoms with Crippen LogP contribution in [0.2, 0.25) is 0 Å². The molecule has 0 spiro atoms. The maximum atomic E-state index is 12.9. The van der Waals surface area contributed by atoms with E-state index in [1.165, 1.54) is 35.6 Å². The summed E-state index contributed by atoms with van der Waals surface area (Å²) in [5.74, 6) is -0.138. The van der Waals surface area contributed by atoms with Crippen molar-refractivity contribution >= 4 is 28.2 Å². The Morgan fingerprint density at radius 3 is 2.68 bits per heavy atom. The van der Waals surface area contributed by atoms with Gasteiger partial charge in [-0.05, 0) is 61.9 Å². The molecule has 0 bridgehead atoms. The number of rotatable bonds is 7. The summed E-state index contributed by atoms with van der Waals surface area (Å²) in [5, 5.41) is 3.32. The Morgan fingerprint density at radius 2 is 2.00 bits per heavy atom. The van der Waals surface area contributed by atoms with E-state index in [-0.39, 0.29) is 24.9 Å². The highest BCUT2D eigenvalue weighted by atomic mass is 32.1. The highest BCUT2D eigenvalue weighted by molar-refractivity contribution is 7.17. The van der Waals surface area contributed by atoms with Crippen LogP contribution in [0.3, 0.4) is 0 Å². The molecule has 1 aliphatic rings. The van der Waals surface area contributed by atoms with Gasteiger partial charge in [0.15, 0.2) is 6.61 Å². The second-order valence-electron chi connectivity index (χ2n) is 6.74. The van der Waals surface area contributed by atoms with Crippen LogP contribution < -0.4 is 10.1 Å². The lowest BCUT2D eigenvalue weighted by Crippen LogP contribution is -2.21. The lowest BCUT2D eigenvalue weighted by molar-refractivity contribution is -0.118. The number of benzene rings is 1. The Bertz CT molecular complexity index is 847. The molecule has 1 aromatic carbocycles. The molecule has 7 heteroatoms. The lowest BCUT2D eigenvalue weighted by Gasteiger charge is -2.20. The molecule has 0 fully saturated rings. The quantitative estimate of drug-likeness (QED) is 0.684. The Kier molecular flexibility index (Phi) is 6.67. The third-order valence-electron chi connectivity index (χ3n) is 4.86. The van der Waals surface area contributed by atoms with Crippen molar-refractivity contribution in [3.05, 3.63) is 46.1 Å². The number of nitrogens with one attached hydrogen (secondary N) is 1. The van der Waals surface area contributed by atoms with Crippen molar-refractivity contribution in [3.8, 4) is 5.75 Å². The molecule has 2 aromatic rings. The average molecular weight is 405 g/mol. The fourth-order valence-electron chi connectivity index (χ4n) is 3.35. The summed E-state index contributed by atoms with van der Waals surface area (Å²) in [6, 6.07) is 5.45. The normalized spacial score (nSPS) is 15.6. The molecule has 150 valence electrons. The van der Waals surface area contributed by atoms with Crippen molar-refractivity contribution in [1.82, 2.24) is 0 Å². The van der Waals surface area contributed by atoms with Crippen molar-refractivity contribution in [2.75, 3.05) is 18.5 Å². The molecule has 1 N–H and O–H groups in total. The first-order valence-corrected chi connectivity index (χ1v) is 10.3. The van der Waals surface area contributed by atoms with Crippen LogP contribution in [0.1, 0.15) is 47.5 Å². The molecular formula is C21H24FNO4S. The number of anilines is 1. The van der Waals surface area contributed by atoms with Crippen LogP contribution in [0.4, 0.5) is 9.39 Å². The first-order chi connectivity index (χ1) is 13.5. The topological polar surface area (TPSA) is 64.6 Å². The van der Waals surface area contributed by atoms with Crippen LogP contribution in [0, 0.1) is 11.7 Å². The van der Waals surface area contributed by atoms with E-state index in [0.29, 0.717) is 22.2 Å². The SMILES string of the molecule is CCOC(=O)c1c(NC(=O)COc2ccc(F)cc2)sc2c1CCC(CC)C2. The van der Waals surface area contributed by atoms with Gasteiger partial charge in [-0.15, -0.1) is 11.3 Å². The third-order valence-corrected chi connectivity index (χ3v) is 6.03. The van der Waals surface area contributed by atoms with Gasteiger partial charge in [0.2, 0.25) is 0 Å². The number of amides is 1. The average Bonchev–Trinajstić information content (AvgIpc) is 3.04. The molecule has 0 saturated carbocycles. The van der Waals surface area contributed by atoms with Crippen molar-refractivity contribution in [1.29, 1.82) is 0 Å². The van der Waals surface area contributed by atoms with Gasteiger partial charge in [0, 0.05) is 4.88 Å². The second-order valence-corrected chi connectivity index (χ2v) is 7.84. The summed E-state index contributed by atoms with van der Waals surface area (Å²) in [5.41, 5.74) is 1.48. The molecular weight excluding hydrogens is 381 g/mol. The molecule has 3 rings (SSSR count). The summed E-state index contributed by atoms with van der Waals surface area (Å²) in [6.07, 6.45) is 3.87. The monoisotopic (exact) mass is 405 g/mol. The molecule has 28 heavy (non-hydrogen) atoms. The number of ether oxygens (including phenoxy) is 2. The maximum absolute atomic E-state index is 12.9. The molecule has 1 aliphatic carbocycles. The van der Waals surface area contributed by atoms with E-state index in [2.05, 4.69) is 12.2 Å². The predicted molar refractivity (Wildman–Crippen MR) is 107 cm³/mol. The highest BCUT2D eigenvalue weighted by Crippen LogP contribution is 2.40. The minimum absolute atomic E-state index is 0.228. The number of thiophene rings is 1. The number of esters is 1. The number of halogens is 1. The Labute approximate surface area is 167 Å². The van der Waals surface area contributed by atoms with E-state index in [1.54, 1.807) is 6.92 Å². The predicted octanol–water partition coefficient (Wildman–Crippen LogP) is 4.60. The van der Waals surface area contributed by atoms with Crippen LogP contribution in [0.15, 0.2) is 24.3 Å². The van der Waals surface area contributed by atoms with Crippen LogP contribution >= 0.6 is 11.3 Å². The van der Waals surface area contributed by atoms with Crippen molar-refractivity contribution in [3.63, 3.8) is 0 Å². The largest absolute Gasteiger partial charge is 0.484 e. The summed E-state index contributed by atoms with van der Waals surface area (Å²) >= 11 is 1.45. The van der Waals surface area contributed by atoms with Gasteiger partial charge in [-0.25, -0.2) is 9.18 Å². The van der Waals surface area contributed by atoms with E-state index in [4.69, 9.17) is 9.47 Å². The third kappa shape index (κ3) is 4.70. The Hall–Kier alpha value is -2.41. The van der Waals surface area contributed by atoms with Gasteiger partial charge >= 0.3 is 5.97 Å². The van der Waals surface area contributed by atoms with Gasteiger partial charge in [-0.2, -0.15) is 0 Å². The van der Waals surface area contributed by atoms with Crippen molar-refractivity contribution < 1.29 is 23.5 Å². The summed E-state index contributed by atoms with van der Waals surface area (Å²) in [7, 11) is 0. The smallest absolute Gasteiger partial charge is 0.341 e. The molecule has 1 aromatic heterocycles. The van der Waals surface area contributed by atoms with Gasteiger partial charge in [-0.1, -0.05) is 13.3 Å². The van der Waals surface area contributed by atoms with Crippen LogP contribution in [0.25, 0.3) is 0 Å². The number of hydrogen-bond acceptors (Lipinski definition) is 5. The van der Waals surface area contributed by atoms with Crippen molar-refractivity contribution in [2.24, 2.45) is 5.92 Å². The highest BCUT2D eigenvalue weighted by Gasteiger charge is 2.29. The van der Waals surface area contributed by atoms with Crippen LogP contribution in [-0.4, -0.2) is 25.1 Å². The van der Waals surface area contributed by atoms with E-state index in [1.807, 2.05) is 0 Å². The van der Waals surface area contributed by atoms with Crippen LogP contribution in [0.5, 0.6) is 5.75 Å². The van der Waals surface area contributed by atoms with Gasteiger partial charge in [0.1, 0.15) is 16.6 Å². The fourth-order valence-corrected chi connectivity index (χ4v) is 4.72. The van der Waals surface area contributed by atoms with Crippen molar-refractivity contribution in [2.45, 2.75) is 39.5 Å². The zero-order chi connectivity index (χ0) is 20.1. The van der Waals surface area contributed by atoms with E-state index in [9.17, 15) is 14.0 Å². The summed E-state index contributed by atoms with van der Waals surface area (Å²) in [6.45, 7) is 3.99. The maximum Gasteiger partial charge on any atom is 0.341 e. The molecule has 0 saturated heterocycles. The van der Waals surface area contributed by atoms with Gasteiger partial charge < -0.3 is 14.8 Å². The van der Waals surface area contributed by atoms with E-state index < -0.39 is 5.97 Å². The standard InChI is InChI=1S/C21H24FNO4S/c1-3-13-5-10-16-17(11-13)28-20(19(16)21(25)26-4-2)23-18(24)12-27-15-8-6-14(22)7-9-15/h6-9,13H,3-5,10-12H2,1-2H3,(H,23,24). The zero-order valence-corrected chi connectivity index (χ0v) is 16.9. The molecule has 0 radical (unpaired) electrons. The summed E-state index contributed by atoms with van der Waals surface area (Å²) in [4.78, 5) is 26.0. The lowest BCUT2D eigenvalue weighted by atomic mass is 9.85. The first kappa shape index (κ1) is 20.3.